The first kappa shape index (κ1) is 10.8. The molecule has 1 aromatic rings. The normalized spacial score (nSPS) is 15.1. The number of halogens is 2. The van der Waals surface area contributed by atoms with Crippen molar-refractivity contribution in [2.24, 2.45) is 0 Å². The lowest BCUT2D eigenvalue weighted by molar-refractivity contribution is 1.10. The van der Waals surface area contributed by atoms with E-state index in [-0.39, 0.29) is 0 Å². The summed E-state index contributed by atoms with van der Waals surface area (Å²) in [6.45, 7) is 2.79. The minimum atomic E-state index is 0.533. The summed E-state index contributed by atoms with van der Waals surface area (Å²) in [5.41, 5.74) is 0. The van der Waals surface area contributed by atoms with E-state index in [9.17, 15) is 0 Å². The standard InChI is InChI=1S/C10H13Cl2N3/c1-2-13-9-7(11)5-8(12)10(15-9)14-6-3-4-6/h5-6H,2-4H2,1H3,(H2,13,14,15). The van der Waals surface area contributed by atoms with Crippen molar-refractivity contribution in [3.63, 3.8) is 0 Å². The lowest BCUT2D eigenvalue weighted by Crippen LogP contribution is -2.07. The van der Waals surface area contributed by atoms with Crippen molar-refractivity contribution in [1.82, 2.24) is 4.98 Å². The van der Waals surface area contributed by atoms with Crippen LogP contribution in [-0.2, 0) is 0 Å². The molecule has 0 aromatic carbocycles. The third-order valence-corrected chi connectivity index (χ3v) is 2.77. The van der Waals surface area contributed by atoms with E-state index in [4.69, 9.17) is 23.2 Å². The number of anilines is 2. The molecule has 0 spiro atoms. The number of nitrogens with one attached hydrogen (secondary N) is 2. The van der Waals surface area contributed by atoms with Gasteiger partial charge in [0.25, 0.3) is 0 Å². The van der Waals surface area contributed by atoms with E-state index in [2.05, 4.69) is 15.6 Å². The maximum absolute atomic E-state index is 6.04. The number of aromatic nitrogens is 1. The van der Waals surface area contributed by atoms with Crippen molar-refractivity contribution in [2.75, 3.05) is 17.2 Å². The molecule has 1 aromatic heterocycles. The second kappa shape index (κ2) is 4.45. The van der Waals surface area contributed by atoms with Crippen molar-refractivity contribution in [3.05, 3.63) is 16.1 Å². The molecule has 2 N–H and O–H groups in total. The van der Waals surface area contributed by atoms with Crippen LogP contribution in [0.25, 0.3) is 0 Å². The quantitative estimate of drug-likeness (QED) is 0.854. The summed E-state index contributed by atoms with van der Waals surface area (Å²) in [5.74, 6) is 1.41. The van der Waals surface area contributed by atoms with Gasteiger partial charge in [0.05, 0.1) is 10.0 Å². The molecule has 0 unspecified atom stereocenters. The molecule has 1 aliphatic rings. The largest absolute Gasteiger partial charge is 0.369 e. The Balaban J connectivity index is 2.23. The molecule has 82 valence electrons. The third-order valence-electron chi connectivity index (χ3n) is 2.19. The van der Waals surface area contributed by atoms with Crippen LogP contribution >= 0.6 is 23.2 Å². The Morgan fingerprint density at radius 1 is 1.33 bits per heavy atom. The minimum Gasteiger partial charge on any atom is -0.369 e. The van der Waals surface area contributed by atoms with Crippen molar-refractivity contribution in [1.29, 1.82) is 0 Å². The summed E-state index contributed by atoms with van der Waals surface area (Å²) in [6, 6.07) is 2.25. The zero-order valence-electron chi connectivity index (χ0n) is 8.48. The van der Waals surface area contributed by atoms with Crippen LogP contribution < -0.4 is 10.6 Å². The summed E-state index contributed by atoms with van der Waals surface area (Å²) in [4.78, 5) is 4.36. The molecule has 0 radical (unpaired) electrons. The van der Waals surface area contributed by atoms with Crippen LogP contribution in [0.1, 0.15) is 19.8 Å². The maximum Gasteiger partial charge on any atom is 0.147 e. The summed E-state index contributed by atoms with van der Waals surface area (Å²) in [7, 11) is 0. The van der Waals surface area contributed by atoms with E-state index in [1.54, 1.807) is 6.07 Å². The predicted octanol–water partition coefficient (Wildman–Crippen LogP) is 3.39. The molecular weight excluding hydrogens is 233 g/mol. The Morgan fingerprint density at radius 2 is 2.00 bits per heavy atom. The molecule has 0 saturated heterocycles. The molecule has 3 nitrogen and oxygen atoms in total. The van der Waals surface area contributed by atoms with Gasteiger partial charge in [-0.1, -0.05) is 23.2 Å². The second-order valence-corrected chi connectivity index (χ2v) is 4.41. The van der Waals surface area contributed by atoms with Gasteiger partial charge in [-0.15, -0.1) is 0 Å². The number of nitrogens with zero attached hydrogens (tertiary/aromatic N) is 1. The zero-order chi connectivity index (χ0) is 10.8. The smallest absolute Gasteiger partial charge is 0.147 e. The van der Waals surface area contributed by atoms with E-state index in [1.165, 1.54) is 12.8 Å². The summed E-state index contributed by atoms with van der Waals surface area (Å²) in [6.07, 6.45) is 2.38. The number of hydrogen-bond acceptors (Lipinski definition) is 3. The van der Waals surface area contributed by atoms with Crippen LogP contribution in [0.5, 0.6) is 0 Å². The first-order chi connectivity index (χ1) is 7.20. The highest BCUT2D eigenvalue weighted by Crippen LogP contribution is 2.32. The summed E-state index contributed by atoms with van der Waals surface area (Å²) >= 11 is 12.0. The molecule has 0 atom stereocenters. The third kappa shape index (κ3) is 2.67. The van der Waals surface area contributed by atoms with Crippen LogP contribution in [0.2, 0.25) is 10.0 Å². The highest BCUT2D eigenvalue weighted by atomic mass is 35.5. The van der Waals surface area contributed by atoms with Crippen molar-refractivity contribution < 1.29 is 0 Å². The molecule has 15 heavy (non-hydrogen) atoms. The van der Waals surface area contributed by atoms with E-state index < -0.39 is 0 Å². The van der Waals surface area contributed by atoms with Gasteiger partial charge in [0.1, 0.15) is 11.6 Å². The van der Waals surface area contributed by atoms with Crippen LogP contribution in [0.15, 0.2) is 6.07 Å². The van der Waals surface area contributed by atoms with Gasteiger partial charge in [0.2, 0.25) is 0 Å². The fourth-order valence-corrected chi connectivity index (χ4v) is 1.76. The average molecular weight is 246 g/mol. The van der Waals surface area contributed by atoms with Gasteiger partial charge >= 0.3 is 0 Å². The Labute approximate surface area is 99.2 Å². The maximum atomic E-state index is 6.04. The monoisotopic (exact) mass is 245 g/mol. The Bertz CT molecular complexity index is 364. The lowest BCUT2D eigenvalue weighted by Gasteiger charge is -2.10. The number of pyridine rings is 1. The van der Waals surface area contributed by atoms with Crippen LogP contribution in [0.3, 0.4) is 0 Å². The molecule has 1 aliphatic carbocycles. The van der Waals surface area contributed by atoms with E-state index in [0.29, 0.717) is 21.9 Å². The fraction of sp³-hybridized carbons (Fsp3) is 0.500. The predicted molar refractivity (Wildman–Crippen MR) is 65.1 cm³/mol. The van der Waals surface area contributed by atoms with E-state index >= 15 is 0 Å². The van der Waals surface area contributed by atoms with Gasteiger partial charge in [-0.25, -0.2) is 4.98 Å². The number of hydrogen-bond donors (Lipinski definition) is 2. The van der Waals surface area contributed by atoms with Crippen LogP contribution in [0, 0.1) is 0 Å². The van der Waals surface area contributed by atoms with E-state index in [1.807, 2.05) is 6.92 Å². The van der Waals surface area contributed by atoms with Crippen molar-refractivity contribution in [2.45, 2.75) is 25.8 Å². The van der Waals surface area contributed by atoms with Gasteiger partial charge in [-0.3, -0.25) is 0 Å². The van der Waals surface area contributed by atoms with Crippen LogP contribution in [0.4, 0.5) is 11.6 Å². The molecule has 2 rings (SSSR count). The van der Waals surface area contributed by atoms with Gasteiger partial charge in [-0.05, 0) is 25.8 Å². The summed E-state index contributed by atoms with van der Waals surface area (Å²) < 4.78 is 0. The highest BCUT2D eigenvalue weighted by molar-refractivity contribution is 6.37. The molecule has 1 fully saturated rings. The second-order valence-electron chi connectivity index (χ2n) is 3.60. The van der Waals surface area contributed by atoms with Gasteiger partial charge < -0.3 is 10.6 Å². The zero-order valence-corrected chi connectivity index (χ0v) is 9.99. The van der Waals surface area contributed by atoms with Gasteiger partial charge in [0.15, 0.2) is 0 Å². The van der Waals surface area contributed by atoms with Crippen molar-refractivity contribution >= 4 is 34.8 Å². The molecule has 5 heteroatoms. The van der Waals surface area contributed by atoms with Gasteiger partial charge in [-0.2, -0.15) is 0 Å². The van der Waals surface area contributed by atoms with Crippen molar-refractivity contribution in [3.8, 4) is 0 Å². The first-order valence-corrected chi connectivity index (χ1v) is 5.82. The Hall–Kier alpha value is -0.670. The Morgan fingerprint density at radius 3 is 2.60 bits per heavy atom. The summed E-state index contributed by atoms with van der Waals surface area (Å²) in [5, 5.41) is 7.50. The molecular formula is C10H13Cl2N3. The average Bonchev–Trinajstić information content (AvgIpc) is 2.97. The Kier molecular flexibility index (Phi) is 3.22. The molecule has 1 heterocycles. The SMILES string of the molecule is CCNc1nc(NC2CC2)c(Cl)cc1Cl. The lowest BCUT2D eigenvalue weighted by atomic mass is 10.4. The highest BCUT2D eigenvalue weighted by Gasteiger charge is 2.22. The number of rotatable bonds is 4. The van der Waals surface area contributed by atoms with Gasteiger partial charge in [0, 0.05) is 12.6 Å². The van der Waals surface area contributed by atoms with Crippen LogP contribution in [-0.4, -0.2) is 17.6 Å². The molecule has 0 aliphatic heterocycles. The van der Waals surface area contributed by atoms with E-state index in [0.717, 1.165) is 12.4 Å². The first-order valence-electron chi connectivity index (χ1n) is 5.07. The fourth-order valence-electron chi connectivity index (χ4n) is 1.28. The molecule has 0 bridgehead atoms. The molecule has 0 amide bonds. The topological polar surface area (TPSA) is 37.0 Å². The minimum absolute atomic E-state index is 0.533. The molecule has 1 saturated carbocycles.